The van der Waals surface area contributed by atoms with Gasteiger partial charge in [-0.05, 0) is 25.0 Å². The highest BCUT2D eigenvalue weighted by molar-refractivity contribution is 7.09. The van der Waals surface area contributed by atoms with Crippen LogP contribution < -0.4 is 5.32 Å². The van der Waals surface area contributed by atoms with E-state index in [4.69, 9.17) is 4.74 Å². The van der Waals surface area contributed by atoms with Gasteiger partial charge in [0, 0.05) is 24.0 Å². The van der Waals surface area contributed by atoms with Gasteiger partial charge in [-0.2, -0.15) is 0 Å². The molecule has 0 radical (unpaired) electrons. The number of urea groups is 1. The van der Waals surface area contributed by atoms with Gasteiger partial charge in [-0.15, -0.1) is 11.3 Å². The summed E-state index contributed by atoms with van der Waals surface area (Å²) in [4.78, 5) is 18.5. The number of rotatable bonds is 3. The predicted octanol–water partition coefficient (Wildman–Crippen LogP) is 3.02. The van der Waals surface area contributed by atoms with Crippen LogP contribution in [0.5, 0.6) is 0 Å². The summed E-state index contributed by atoms with van der Waals surface area (Å²) in [6.07, 6.45) is 2.43. The second-order valence-corrected chi connectivity index (χ2v) is 7.07. The van der Waals surface area contributed by atoms with E-state index in [1.165, 1.54) is 17.4 Å². The fourth-order valence-corrected chi connectivity index (χ4v) is 3.96. The number of carbonyl (C=O) groups excluding carboxylic acids is 1. The topological polar surface area (TPSA) is 54.5 Å². The van der Waals surface area contributed by atoms with Gasteiger partial charge in [0.2, 0.25) is 0 Å². The molecule has 2 aromatic rings. The zero-order valence-electron chi connectivity index (χ0n) is 13.1. The van der Waals surface area contributed by atoms with Gasteiger partial charge in [-0.1, -0.05) is 12.1 Å². The van der Waals surface area contributed by atoms with Gasteiger partial charge >= 0.3 is 6.03 Å². The Morgan fingerprint density at radius 2 is 2.08 bits per heavy atom. The van der Waals surface area contributed by atoms with E-state index in [9.17, 15) is 9.18 Å². The zero-order chi connectivity index (χ0) is 16.5. The molecule has 126 valence electrons. The van der Waals surface area contributed by atoms with Gasteiger partial charge < -0.3 is 15.0 Å². The van der Waals surface area contributed by atoms with Crippen molar-refractivity contribution >= 4 is 17.4 Å². The van der Waals surface area contributed by atoms with Crippen molar-refractivity contribution in [2.75, 3.05) is 13.1 Å². The molecule has 2 aliphatic heterocycles. The first-order chi connectivity index (χ1) is 11.7. The molecule has 7 heteroatoms. The maximum absolute atomic E-state index is 13.8. The fraction of sp³-hybridized carbons (Fsp3) is 0.412. The number of halogens is 1. The summed E-state index contributed by atoms with van der Waals surface area (Å²) in [5, 5.41) is 5.48. The van der Waals surface area contributed by atoms with Crippen LogP contribution in [0.4, 0.5) is 9.18 Å². The summed E-state index contributed by atoms with van der Waals surface area (Å²) in [5.74, 6) is -0.290. The molecular weight excluding hydrogens is 329 g/mol. The van der Waals surface area contributed by atoms with Crippen molar-refractivity contribution in [3.05, 3.63) is 40.5 Å². The number of thiazole rings is 1. The zero-order valence-corrected chi connectivity index (χ0v) is 13.9. The van der Waals surface area contributed by atoms with E-state index in [2.05, 4.69) is 10.3 Å². The molecule has 0 aliphatic carbocycles. The Kier molecular flexibility index (Phi) is 4.20. The Bertz CT molecular complexity index is 739. The molecule has 3 heterocycles. The van der Waals surface area contributed by atoms with E-state index in [1.54, 1.807) is 18.2 Å². The number of ether oxygens (including phenoxy) is 1. The third-order valence-electron chi connectivity index (χ3n) is 4.42. The van der Waals surface area contributed by atoms with E-state index in [1.807, 2.05) is 10.3 Å². The van der Waals surface area contributed by atoms with E-state index < -0.39 is 0 Å². The van der Waals surface area contributed by atoms with E-state index in [0.29, 0.717) is 30.9 Å². The normalized spacial score (nSPS) is 22.6. The van der Waals surface area contributed by atoms with E-state index in [-0.39, 0.29) is 24.1 Å². The molecule has 2 fully saturated rings. The van der Waals surface area contributed by atoms with Gasteiger partial charge in [-0.3, -0.25) is 0 Å². The minimum atomic E-state index is -0.290. The number of nitrogens with zero attached hydrogens (tertiary/aromatic N) is 2. The Morgan fingerprint density at radius 3 is 2.83 bits per heavy atom. The molecule has 0 saturated carbocycles. The number of amides is 2. The average Bonchev–Trinajstić information content (AvgIpc) is 3.19. The number of benzene rings is 1. The van der Waals surface area contributed by atoms with Crippen molar-refractivity contribution in [1.29, 1.82) is 0 Å². The lowest BCUT2D eigenvalue weighted by atomic mass is 10.2. The molecule has 1 N–H and O–H groups in total. The lowest BCUT2D eigenvalue weighted by molar-refractivity contribution is -0.0238. The molecule has 2 unspecified atom stereocenters. The highest BCUT2D eigenvalue weighted by atomic mass is 32.1. The van der Waals surface area contributed by atoms with Crippen LogP contribution in [0.3, 0.4) is 0 Å². The summed E-state index contributed by atoms with van der Waals surface area (Å²) in [6.45, 7) is 1.66. The van der Waals surface area contributed by atoms with Crippen LogP contribution in [-0.4, -0.2) is 41.2 Å². The molecule has 1 aromatic carbocycles. The summed E-state index contributed by atoms with van der Waals surface area (Å²) >= 11 is 1.42. The number of likely N-dealkylation sites (tertiary alicyclic amines) is 1. The highest BCUT2D eigenvalue weighted by Crippen LogP contribution is 2.26. The van der Waals surface area contributed by atoms with Gasteiger partial charge in [0.15, 0.2) is 0 Å². The van der Waals surface area contributed by atoms with Crippen molar-refractivity contribution in [2.45, 2.75) is 31.6 Å². The van der Waals surface area contributed by atoms with Crippen LogP contribution in [0.1, 0.15) is 17.8 Å². The standard InChI is InChI=1S/C17H18FN3O2S/c18-14-4-2-1-3-13(14)15-10-24-16(20-15)7-19-17(22)21-8-11-5-6-12(9-21)23-11/h1-4,10-12H,5-9H2,(H,19,22). The second-order valence-electron chi connectivity index (χ2n) is 6.13. The molecule has 2 bridgehead atoms. The summed E-state index contributed by atoms with van der Waals surface area (Å²) in [5.41, 5.74) is 1.09. The number of morpholine rings is 1. The number of carbonyl (C=O) groups is 1. The third-order valence-corrected chi connectivity index (χ3v) is 5.27. The molecule has 1 aromatic heterocycles. The van der Waals surface area contributed by atoms with Gasteiger partial charge in [-0.25, -0.2) is 14.2 Å². The Hall–Kier alpha value is -1.99. The summed E-state index contributed by atoms with van der Waals surface area (Å²) < 4.78 is 19.5. The average molecular weight is 347 g/mol. The molecule has 2 aliphatic rings. The molecule has 2 atom stereocenters. The Labute approximate surface area is 143 Å². The number of nitrogens with one attached hydrogen (secondary N) is 1. The van der Waals surface area contributed by atoms with Crippen molar-refractivity contribution in [3.63, 3.8) is 0 Å². The number of hydrogen-bond donors (Lipinski definition) is 1. The van der Waals surface area contributed by atoms with Gasteiger partial charge in [0.25, 0.3) is 0 Å². The number of fused-ring (bicyclic) bond motifs is 2. The van der Waals surface area contributed by atoms with Crippen LogP contribution in [0.2, 0.25) is 0 Å². The molecule has 2 saturated heterocycles. The first kappa shape index (κ1) is 15.5. The highest BCUT2D eigenvalue weighted by Gasteiger charge is 2.35. The summed E-state index contributed by atoms with van der Waals surface area (Å²) in [6, 6.07) is 6.48. The van der Waals surface area contributed by atoms with Crippen molar-refractivity contribution < 1.29 is 13.9 Å². The van der Waals surface area contributed by atoms with Crippen molar-refractivity contribution in [2.24, 2.45) is 0 Å². The lowest BCUT2D eigenvalue weighted by Crippen LogP contribution is -2.49. The molecule has 24 heavy (non-hydrogen) atoms. The maximum Gasteiger partial charge on any atom is 0.317 e. The SMILES string of the molecule is O=C(NCc1nc(-c2ccccc2F)cs1)N1CC2CCC(C1)O2. The smallest absolute Gasteiger partial charge is 0.317 e. The lowest BCUT2D eigenvalue weighted by Gasteiger charge is -2.32. The molecule has 5 nitrogen and oxygen atoms in total. The van der Waals surface area contributed by atoms with Gasteiger partial charge in [0.1, 0.15) is 10.8 Å². The minimum absolute atomic E-state index is 0.0853. The summed E-state index contributed by atoms with van der Waals surface area (Å²) in [7, 11) is 0. The van der Waals surface area contributed by atoms with Crippen LogP contribution in [0, 0.1) is 5.82 Å². The van der Waals surface area contributed by atoms with Crippen LogP contribution in [-0.2, 0) is 11.3 Å². The van der Waals surface area contributed by atoms with Crippen molar-refractivity contribution in [3.8, 4) is 11.3 Å². The van der Waals surface area contributed by atoms with Crippen LogP contribution in [0.25, 0.3) is 11.3 Å². The quantitative estimate of drug-likeness (QED) is 0.929. The molecule has 4 rings (SSSR count). The number of aromatic nitrogens is 1. The van der Waals surface area contributed by atoms with E-state index in [0.717, 1.165) is 17.8 Å². The second kappa shape index (κ2) is 6.49. The minimum Gasteiger partial charge on any atom is -0.371 e. The number of hydrogen-bond acceptors (Lipinski definition) is 4. The monoisotopic (exact) mass is 347 g/mol. The van der Waals surface area contributed by atoms with Crippen LogP contribution >= 0.6 is 11.3 Å². The Morgan fingerprint density at radius 1 is 1.33 bits per heavy atom. The van der Waals surface area contributed by atoms with Crippen LogP contribution in [0.15, 0.2) is 29.6 Å². The van der Waals surface area contributed by atoms with E-state index >= 15 is 0 Å². The Balaban J connectivity index is 1.36. The maximum atomic E-state index is 13.8. The van der Waals surface area contributed by atoms with Gasteiger partial charge in [0.05, 0.1) is 24.4 Å². The fourth-order valence-electron chi connectivity index (χ4n) is 3.23. The molecule has 2 amide bonds. The third kappa shape index (κ3) is 3.14. The predicted molar refractivity (Wildman–Crippen MR) is 89.2 cm³/mol. The first-order valence-electron chi connectivity index (χ1n) is 8.06. The first-order valence-corrected chi connectivity index (χ1v) is 8.94. The molecule has 0 spiro atoms. The largest absolute Gasteiger partial charge is 0.371 e. The molecular formula is C17H18FN3O2S. The van der Waals surface area contributed by atoms with Crippen molar-refractivity contribution in [1.82, 2.24) is 15.2 Å².